The number of imide groups is 1. The van der Waals surface area contributed by atoms with E-state index in [1.165, 1.54) is 20.9 Å². The lowest BCUT2D eigenvalue weighted by molar-refractivity contribution is -0.166. The number of benzene rings is 4. The molecule has 1 heterocycles. The second kappa shape index (κ2) is 17.7. The van der Waals surface area contributed by atoms with Crippen molar-refractivity contribution in [2.75, 3.05) is 20.6 Å². The molecule has 260 valence electrons. The van der Waals surface area contributed by atoms with Crippen LogP contribution < -0.4 is 11.1 Å². The van der Waals surface area contributed by atoms with Gasteiger partial charge in [0.1, 0.15) is 0 Å². The maximum Gasteiger partial charge on any atom is 0.327 e. The van der Waals surface area contributed by atoms with Gasteiger partial charge in [-0.3, -0.25) is 9.59 Å². The number of carboxylic acids is 1. The maximum atomic E-state index is 12.8. The third-order valence-electron chi connectivity index (χ3n) is 8.31. The third kappa shape index (κ3) is 9.96. The average Bonchev–Trinajstić information content (AvgIpc) is 3.11. The van der Waals surface area contributed by atoms with Crippen molar-refractivity contribution in [3.8, 4) is 22.3 Å². The largest absolute Gasteiger partial charge is 0.480 e. The number of urea groups is 1. The number of hydrogen-bond donors (Lipinski definition) is 3. The van der Waals surface area contributed by atoms with Crippen molar-refractivity contribution in [3.05, 3.63) is 133 Å². The lowest BCUT2D eigenvalue weighted by atomic mass is 9.84. The molecule has 4 amide bonds. The van der Waals surface area contributed by atoms with Gasteiger partial charge in [-0.05, 0) is 57.8 Å². The number of nitrogens with one attached hydrogen (secondary N) is 1. The molecule has 1 saturated heterocycles. The summed E-state index contributed by atoms with van der Waals surface area (Å²) in [5.74, 6) is -2.04. The van der Waals surface area contributed by atoms with E-state index >= 15 is 0 Å². The van der Waals surface area contributed by atoms with E-state index in [0.717, 1.165) is 27.2 Å². The number of amides is 4. The van der Waals surface area contributed by atoms with Crippen LogP contribution in [-0.2, 0) is 22.7 Å². The summed E-state index contributed by atoms with van der Waals surface area (Å²) in [7, 11) is 3.24. The first-order valence-corrected chi connectivity index (χ1v) is 16.5. The Hall–Kier alpha value is -5.61. The molecule has 0 aliphatic carbocycles. The number of rotatable bonds is 12. The molecule has 10 nitrogen and oxygen atoms in total. The van der Waals surface area contributed by atoms with Gasteiger partial charge in [-0.15, -0.1) is 0 Å². The van der Waals surface area contributed by atoms with E-state index in [2.05, 4.69) is 36.2 Å². The van der Waals surface area contributed by atoms with Crippen LogP contribution >= 0.6 is 11.6 Å². The number of β-lactam (4-membered cyclic amide) rings is 1. The van der Waals surface area contributed by atoms with Crippen LogP contribution in [0.1, 0.15) is 24.0 Å². The van der Waals surface area contributed by atoms with Crippen LogP contribution in [-0.4, -0.2) is 69.8 Å². The van der Waals surface area contributed by atoms with Gasteiger partial charge in [0.05, 0.1) is 11.7 Å². The Morgan fingerprint density at radius 2 is 1.22 bits per heavy atom. The van der Waals surface area contributed by atoms with Crippen molar-refractivity contribution in [1.82, 2.24) is 20.0 Å². The number of carbonyl (C=O) groups is 4. The van der Waals surface area contributed by atoms with Gasteiger partial charge in [0, 0.05) is 33.7 Å². The van der Waals surface area contributed by atoms with E-state index in [1.807, 2.05) is 84.9 Å². The quantitative estimate of drug-likeness (QED) is 0.0645. The fourth-order valence-electron chi connectivity index (χ4n) is 5.62. The number of nitrogens with two attached hydrogens (primary N) is 1. The van der Waals surface area contributed by atoms with Gasteiger partial charge in [-0.2, -0.15) is 0 Å². The number of aliphatic carboxylic acids is 1. The van der Waals surface area contributed by atoms with Crippen molar-refractivity contribution in [3.63, 3.8) is 0 Å². The van der Waals surface area contributed by atoms with Gasteiger partial charge in [-0.1, -0.05) is 116 Å². The smallest absolute Gasteiger partial charge is 0.327 e. The highest BCUT2D eigenvalue weighted by molar-refractivity contribution is 6.62. The van der Waals surface area contributed by atoms with Crippen LogP contribution in [0.25, 0.3) is 22.3 Å². The topological polar surface area (TPSA) is 136 Å². The number of carbonyl (C=O) groups excluding carboxylic acids is 3. The van der Waals surface area contributed by atoms with E-state index < -0.39 is 35.2 Å². The van der Waals surface area contributed by atoms with Crippen LogP contribution in [0.3, 0.4) is 0 Å². The van der Waals surface area contributed by atoms with Crippen molar-refractivity contribution in [2.24, 2.45) is 11.7 Å². The Labute approximate surface area is 297 Å². The van der Waals surface area contributed by atoms with Crippen molar-refractivity contribution in [2.45, 2.75) is 32.0 Å². The van der Waals surface area contributed by atoms with E-state index in [1.54, 1.807) is 14.1 Å². The molecule has 11 heteroatoms. The molecular weight excluding hydrogens is 654 g/mol. The number of likely N-dealkylation sites (tertiary alicyclic amines) is 1. The summed E-state index contributed by atoms with van der Waals surface area (Å²) in [6, 6.07) is 34.3. The van der Waals surface area contributed by atoms with E-state index in [0.29, 0.717) is 31.8 Å². The van der Waals surface area contributed by atoms with Gasteiger partial charge < -0.3 is 26.0 Å². The summed E-state index contributed by atoms with van der Waals surface area (Å²) in [5, 5.41) is 12.0. The van der Waals surface area contributed by atoms with Crippen LogP contribution in [0.4, 0.5) is 9.59 Å². The van der Waals surface area contributed by atoms with Gasteiger partial charge >= 0.3 is 17.4 Å². The highest BCUT2D eigenvalue weighted by Crippen LogP contribution is 2.32. The molecule has 4 N–H and O–H groups in total. The fourth-order valence-corrected chi connectivity index (χ4v) is 5.68. The first kappa shape index (κ1) is 37.2. The molecular formula is C39H42ClN5O5. The zero-order chi connectivity index (χ0) is 36.2. The first-order valence-electron chi connectivity index (χ1n) is 16.1. The summed E-state index contributed by atoms with van der Waals surface area (Å²) in [5.41, 5.74) is 11.9. The first-order chi connectivity index (χ1) is 24.0. The molecule has 50 heavy (non-hydrogen) atoms. The Balaban J connectivity index is 0.000000263. The summed E-state index contributed by atoms with van der Waals surface area (Å²) in [4.78, 5) is 51.7. The van der Waals surface area contributed by atoms with Gasteiger partial charge in [0.25, 0.3) is 0 Å². The molecule has 1 aliphatic heterocycles. The molecule has 0 bridgehead atoms. The zero-order valence-electron chi connectivity index (χ0n) is 28.2. The number of nitrogens with zero attached hydrogens (tertiary/aromatic N) is 3. The molecule has 2 atom stereocenters. The molecule has 0 radical (unpaired) electrons. The normalized spacial score (nSPS) is 14.8. The minimum absolute atomic E-state index is 0.261. The predicted molar refractivity (Wildman–Crippen MR) is 196 cm³/mol. The number of carboxylic acid groups (broad SMARTS) is 1. The van der Waals surface area contributed by atoms with E-state index in [-0.39, 0.29) is 6.54 Å². The standard InChI is InChI=1S/C24H28N4O4.C15H14ClNO/c1-16(25)26-14-6-9-20-21(23(30)31)28(22(20)29)24(32)27(2)15-17-10-12-19(13-11-17)18-7-4-3-5-8-18;1-17(15(16)18)11-12-7-9-14(10-8-12)13-5-3-2-4-6-13/h3-5,7-8,10-13,20-21,26H,1,6,9,14-15,25H2,2H3,(H,30,31);2-10H,11H2,1H3/t20-,21?;/m0./s1. The number of halogens is 1. The summed E-state index contributed by atoms with van der Waals surface area (Å²) in [6.07, 6.45) is 0.895. The Bertz CT molecular complexity index is 1770. The highest BCUT2D eigenvalue weighted by atomic mass is 35.5. The lowest BCUT2D eigenvalue weighted by Gasteiger charge is -2.44. The molecule has 0 spiro atoms. The molecule has 0 saturated carbocycles. The molecule has 0 aromatic heterocycles. The van der Waals surface area contributed by atoms with Crippen molar-refractivity contribution in [1.29, 1.82) is 0 Å². The third-order valence-corrected chi connectivity index (χ3v) is 8.59. The number of hydrogen-bond acceptors (Lipinski definition) is 6. The SMILES string of the molecule is C=C(N)NCCC[C@@H]1C(=O)N(C(=O)N(C)Cc2ccc(-c3ccccc3)cc2)C1C(=O)O.CN(Cc1ccc(-c2ccccc2)cc1)C(=O)Cl. The minimum Gasteiger partial charge on any atom is -0.480 e. The van der Waals surface area contributed by atoms with E-state index in [9.17, 15) is 24.3 Å². The van der Waals surface area contributed by atoms with Gasteiger partial charge in [0.15, 0.2) is 6.04 Å². The monoisotopic (exact) mass is 695 g/mol. The van der Waals surface area contributed by atoms with Gasteiger partial charge in [0.2, 0.25) is 5.91 Å². The van der Waals surface area contributed by atoms with Crippen LogP contribution in [0, 0.1) is 5.92 Å². The maximum absolute atomic E-state index is 12.8. The molecule has 4 aromatic rings. The Kier molecular flexibility index (Phi) is 13.2. The molecule has 5 rings (SSSR count). The zero-order valence-corrected chi connectivity index (χ0v) is 28.9. The Morgan fingerprint density at radius 3 is 1.64 bits per heavy atom. The van der Waals surface area contributed by atoms with E-state index in [4.69, 9.17) is 17.3 Å². The Morgan fingerprint density at radius 1 is 0.780 bits per heavy atom. The molecule has 4 aromatic carbocycles. The molecule has 1 aliphatic rings. The minimum atomic E-state index is -1.18. The second-order valence-electron chi connectivity index (χ2n) is 12.1. The van der Waals surface area contributed by atoms with Crippen LogP contribution in [0.2, 0.25) is 0 Å². The average molecular weight is 696 g/mol. The van der Waals surface area contributed by atoms with Crippen LogP contribution in [0.5, 0.6) is 0 Å². The van der Waals surface area contributed by atoms with Gasteiger partial charge in [-0.25, -0.2) is 14.5 Å². The van der Waals surface area contributed by atoms with Crippen molar-refractivity contribution >= 4 is 34.9 Å². The summed E-state index contributed by atoms with van der Waals surface area (Å²) < 4.78 is 0. The lowest BCUT2D eigenvalue weighted by Crippen LogP contribution is -2.68. The fraction of sp³-hybridized carbons (Fsp3) is 0.231. The summed E-state index contributed by atoms with van der Waals surface area (Å²) >= 11 is 5.39. The molecule has 1 unspecified atom stereocenters. The molecule has 1 fully saturated rings. The highest BCUT2D eigenvalue weighted by Gasteiger charge is 2.54. The second-order valence-corrected chi connectivity index (χ2v) is 12.4. The summed E-state index contributed by atoms with van der Waals surface area (Å²) in [6.45, 7) is 4.79. The predicted octanol–water partition coefficient (Wildman–Crippen LogP) is 6.76. The van der Waals surface area contributed by atoms with Crippen LogP contribution in [0.15, 0.2) is 122 Å². The van der Waals surface area contributed by atoms with Crippen molar-refractivity contribution < 1.29 is 24.3 Å².